The lowest BCUT2D eigenvalue weighted by Gasteiger charge is -2.33. The molecule has 0 spiro atoms. The Kier molecular flexibility index (Phi) is 5.66. The first-order valence-corrected chi connectivity index (χ1v) is 7.53. The van der Waals surface area contributed by atoms with Crippen molar-refractivity contribution in [1.82, 2.24) is 20.1 Å². The average molecular weight is 302 g/mol. The van der Waals surface area contributed by atoms with Gasteiger partial charge < -0.3 is 15.1 Å². The number of hydrogen-bond acceptors (Lipinski definition) is 4. The molecule has 2 amide bonds. The van der Waals surface area contributed by atoms with Crippen LogP contribution in [0.2, 0.25) is 0 Å². The van der Waals surface area contributed by atoms with Crippen molar-refractivity contribution in [1.29, 1.82) is 0 Å². The van der Waals surface area contributed by atoms with Gasteiger partial charge in [0.25, 0.3) is 11.8 Å². The standard InChI is InChI=1S/C16H22N4O2/c1-3-8-17-15(21)13-6-5-7-14(18-13)16(22)20-11-9-19(4-2)10-12-20/h3,5-7H,1,4,8-12H2,2H3,(H,17,21). The number of nitrogens with one attached hydrogen (secondary N) is 1. The highest BCUT2D eigenvalue weighted by Crippen LogP contribution is 2.08. The summed E-state index contributed by atoms with van der Waals surface area (Å²) in [4.78, 5) is 32.6. The molecular weight excluding hydrogens is 280 g/mol. The summed E-state index contributed by atoms with van der Waals surface area (Å²) in [5, 5.41) is 2.66. The monoisotopic (exact) mass is 302 g/mol. The second-order valence-corrected chi connectivity index (χ2v) is 5.13. The van der Waals surface area contributed by atoms with Crippen molar-refractivity contribution >= 4 is 11.8 Å². The SMILES string of the molecule is C=CCNC(=O)c1cccc(C(=O)N2CCN(CC)CC2)n1. The molecule has 1 aliphatic rings. The summed E-state index contributed by atoms with van der Waals surface area (Å²) >= 11 is 0. The molecule has 6 heteroatoms. The minimum atomic E-state index is -0.301. The lowest BCUT2D eigenvalue weighted by Crippen LogP contribution is -2.48. The van der Waals surface area contributed by atoms with Crippen LogP contribution in [-0.4, -0.2) is 65.9 Å². The first-order valence-electron chi connectivity index (χ1n) is 7.53. The number of likely N-dealkylation sites (N-methyl/N-ethyl adjacent to an activating group) is 1. The second-order valence-electron chi connectivity index (χ2n) is 5.13. The smallest absolute Gasteiger partial charge is 0.272 e. The summed E-state index contributed by atoms with van der Waals surface area (Å²) in [7, 11) is 0. The van der Waals surface area contributed by atoms with E-state index in [0.717, 1.165) is 19.6 Å². The predicted octanol–water partition coefficient (Wildman–Crippen LogP) is 0.775. The summed E-state index contributed by atoms with van der Waals surface area (Å²) in [5.41, 5.74) is 0.566. The number of carbonyl (C=O) groups is 2. The number of hydrogen-bond donors (Lipinski definition) is 1. The Labute approximate surface area is 130 Å². The molecule has 0 saturated carbocycles. The molecule has 118 valence electrons. The van der Waals surface area contributed by atoms with Gasteiger partial charge in [-0.2, -0.15) is 0 Å². The van der Waals surface area contributed by atoms with Gasteiger partial charge in [-0.15, -0.1) is 6.58 Å². The molecule has 1 aliphatic heterocycles. The molecule has 0 unspecified atom stereocenters. The Hall–Kier alpha value is -2.21. The van der Waals surface area contributed by atoms with Crippen molar-refractivity contribution in [3.8, 4) is 0 Å². The van der Waals surface area contributed by atoms with Crippen molar-refractivity contribution in [3.63, 3.8) is 0 Å². The molecule has 0 bridgehead atoms. The van der Waals surface area contributed by atoms with E-state index in [1.54, 1.807) is 29.2 Å². The van der Waals surface area contributed by atoms with Gasteiger partial charge in [-0.1, -0.05) is 19.1 Å². The van der Waals surface area contributed by atoms with Gasteiger partial charge >= 0.3 is 0 Å². The molecule has 22 heavy (non-hydrogen) atoms. The normalized spacial score (nSPS) is 15.4. The summed E-state index contributed by atoms with van der Waals surface area (Å²) in [6.45, 7) is 10.2. The number of pyridine rings is 1. The number of rotatable bonds is 5. The fourth-order valence-corrected chi connectivity index (χ4v) is 2.36. The third-order valence-electron chi connectivity index (χ3n) is 3.71. The predicted molar refractivity (Wildman–Crippen MR) is 84.8 cm³/mol. The first-order chi connectivity index (χ1) is 10.7. The van der Waals surface area contributed by atoms with Gasteiger partial charge in [0, 0.05) is 32.7 Å². The lowest BCUT2D eigenvalue weighted by molar-refractivity contribution is 0.0637. The maximum atomic E-state index is 12.5. The van der Waals surface area contributed by atoms with Gasteiger partial charge in [0.15, 0.2) is 0 Å². The quantitative estimate of drug-likeness (QED) is 0.816. The minimum absolute atomic E-state index is 0.117. The minimum Gasteiger partial charge on any atom is -0.347 e. The van der Waals surface area contributed by atoms with Crippen molar-refractivity contribution in [3.05, 3.63) is 42.2 Å². The first kappa shape index (κ1) is 16.2. The topological polar surface area (TPSA) is 65.5 Å². The van der Waals surface area contributed by atoms with Crippen LogP contribution in [0.5, 0.6) is 0 Å². The Morgan fingerprint density at radius 3 is 2.59 bits per heavy atom. The zero-order chi connectivity index (χ0) is 15.9. The maximum Gasteiger partial charge on any atom is 0.272 e. The fourth-order valence-electron chi connectivity index (χ4n) is 2.36. The largest absolute Gasteiger partial charge is 0.347 e. The fraction of sp³-hybridized carbons (Fsp3) is 0.438. The third kappa shape index (κ3) is 3.92. The summed E-state index contributed by atoms with van der Waals surface area (Å²) in [5.74, 6) is -0.417. The van der Waals surface area contributed by atoms with E-state index >= 15 is 0 Å². The van der Waals surface area contributed by atoms with Crippen LogP contribution in [0.3, 0.4) is 0 Å². The molecule has 2 rings (SSSR count). The average Bonchev–Trinajstić information content (AvgIpc) is 2.59. The number of aromatic nitrogens is 1. The van der Waals surface area contributed by atoms with Crippen LogP contribution in [-0.2, 0) is 0 Å². The van der Waals surface area contributed by atoms with E-state index in [9.17, 15) is 9.59 Å². The number of carbonyl (C=O) groups excluding carboxylic acids is 2. The van der Waals surface area contributed by atoms with E-state index in [0.29, 0.717) is 25.3 Å². The molecule has 1 fully saturated rings. The van der Waals surface area contributed by atoms with Crippen LogP contribution in [0.15, 0.2) is 30.9 Å². The van der Waals surface area contributed by atoms with Gasteiger partial charge in [-0.25, -0.2) is 4.98 Å². The highest BCUT2D eigenvalue weighted by Gasteiger charge is 2.22. The molecule has 0 radical (unpaired) electrons. The van der Waals surface area contributed by atoms with E-state index in [1.165, 1.54) is 0 Å². The van der Waals surface area contributed by atoms with E-state index < -0.39 is 0 Å². The summed E-state index contributed by atoms with van der Waals surface area (Å²) < 4.78 is 0. The Morgan fingerprint density at radius 1 is 1.27 bits per heavy atom. The highest BCUT2D eigenvalue weighted by molar-refractivity contribution is 5.96. The van der Waals surface area contributed by atoms with Crippen molar-refractivity contribution in [2.75, 3.05) is 39.3 Å². The lowest BCUT2D eigenvalue weighted by atomic mass is 10.2. The molecule has 1 aromatic rings. The van der Waals surface area contributed by atoms with E-state index in [-0.39, 0.29) is 17.5 Å². The zero-order valence-corrected chi connectivity index (χ0v) is 12.9. The molecule has 6 nitrogen and oxygen atoms in total. The van der Waals surface area contributed by atoms with Crippen LogP contribution >= 0.6 is 0 Å². The van der Waals surface area contributed by atoms with Gasteiger partial charge in [0.1, 0.15) is 11.4 Å². The Bertz CT molecular complexity index is 551. The number of piperazine rings is 1. The molecule has 1 aromatic heterocycles. The third-order valence-corrected chi connectivity index (χ3v) is 3.71. The van der Waals surface area contributed by atoms with E-state index in [1.807, 2.05) is 0 Å². The van der Waals surface area contributed by atoms with Gasteiger partial charge in [-0.3, -0.25) is 9.59 Å². The van der Waals surface area contributed by atoms with E-state index in [2.05, 4.69) is 28.7 Å². The van der Waals surface area contributed by atoms with Crippen LogP contribution in [0.1, 0.15) is 27.9 Å². The molecular formula is C16H22N4O2. The van der Waals surface area contributed by atoms with Crippen LogP contribution in [0.25, 0.3) is 0 Å². The Morgan fingerprint density at radius 2 is 1.95 bits per heavy atom. The van der Waals surface area contributed by atoms with Gasteiger partial charge in [-0.05, 0) is 18.7 Å². The van der Waals surface area contributed by atoms with Gasteiger partial charge in [0.2, 0.25) is 0 Å². The number of amides is 2. The van der Waals surface area contributed by atoms with Crippen LogP contribution in [0.4, 0.5) is 0 Å². The molecule has 2 heterocycles. The second kappa shape index (κ2) is 7.70. The van der Waals surface area contributed by atoms with Crippen molar-refractivity contribution in [2.24, 2.45) is 0 Å². The van der Waals surface area contributed by atoms with Gasteiger partial charge in [0.05, 0.1) is 0 Å². The van der Waals surface area contributed by atoms with E-state index in [4.69, 9.17) is 0 Å². The molecule has 0 aliphatic carbocycles. The molecule has 1 N–H and O–H groups in total. The van der Waals surface area contributed by atoms with Crippen molar-refractivity contribution < 1.29 is 9.59 Å². The zero-order valence-electron chi connectivity index (χ0n) is 12.9. The molecule has 0 atom stereocenters. The summed E-state index contributed by atoms with van der Waals surface area (Å²) in [6.07, 6.45) is 1.60. The molecule has 0 aromatic carbocycles. The van der Waals surface area contributed by atoms with Crippen molar-refractivity contribution in [2.45, 2.75) is 6.92 Å². The van der Waals surface area contributed by atoms with Crippen LogP contribution in [0, 0.1) is 0 Å². The highest BCUT2D eigenvalue weighted by atomic mass is 16.2. The number of nitrogens with zero attached hydrogens (tertiary/aromatic N) is 3. The Balaban J connectivity index is 2.04. The molecule has 1 saturated heterocycles. The maximum absolute atomic E-state index is 12.5. The van der Waals surface area contributed by atoms with Crippen LogP contribution < -0.4 is 5.32 Å². The summed E-state index contributed by atoms with van der Waals surface area (Å²) in [6, 6.07) is 4.94.